The van der Waals surface area contributed by atoms with Crippen molar-refractivity contribution in [1.29, 1.82) is 0 Å². The predicted molar refractivity (Wildman–Crippen MR) is 73.4 cm³/mol. The van der Waals surface area contributed by atoms with Crippen LogP contribution >= 0.6 is 15.9 Å². The summed E-state index contributed by atoms with van der Waals surface area (Å²) >= 11 is 3.30. The van der Waals surface area contributed by atoms with Gasteiger partial charge in [-0.3, -0.25) is 15.0 Å². The minimum absolute atomic E-state index is 0.140. The number of halogens is 1. The lowest BCUT2D eigenvalue weighted by atomic mass is 10.3. The number of nitrogens with one attached hydrogen (secondary N) is 1. The van der Waals surface area contributed by atoms with Gasteiger partial charge in [0.2, 0.25) is 0 Å². The zero-order valence-electron chi connectivity index (χ0n) is 9.84. The molecule has 3 N–H and O–H groups in total. The summed E-state index contributed by atoms with van der Waals surface area (Å²) in [5, 5.41) is 0. The molecular formula is C12H11BrN4O2. The molecule has 19 heavy (non-hydrogen) atoms. The molecule has 2 aromatic heterocycles. The van der Waals surface area contributed by atoms with Crippen LogP contribution in [0.5, 0.6) is 0 Å². The number of rotatable bonds is 3. The Labute approximate surface area is 117 Å². The second kappa shape index (κ2) is 5.77. The smallest absolute Gasteiger partial charge is 0.283 e. The summed E-state index contributed by atoms with van der Waals surface area (Å²) < 4.78 is 2.29. The number of nitrogens with two attached hydrogens (primary N) is 1. The quantitative estimate of drug-likeness (QED) is 0.493. The average Bonchev–Trinajstić information content (AvgIpc) is 2.42. The number of nitrogen functional groups attached to an aromatic ring is 1. The molecule has 0 spiro atoms. The van der Waals surface area contributed by atoms with Gasteiger partial charge >= 0.3 is 0 Å². The van der Waals surface area contributed by atoms with Crippen molar-refractivity contribution in [3.8, 4) is 0 Å². The second-order valence-corrected chi connectivity index (χ2v) is 4.72. The van der Waals surface area contributed by atoms with Crippen molar-refractivity contribution in [1.82, 2.24) is 15.0 Å². The first-order chi connectivity index (χ1) is 9.10. The van der Waals surface area contributed by atoms with E-state index in [4.69, 9.17) is 5.84 Å². The van der Waals surface area contributed by atoms with Gasteiger partial charge in [0.15, 0.2) is 0 Å². The van der Waals surface area contributed by atoms with Crippen molar-refractivity contribution in [3.63, 3.8) is 0 Å². The number of nitrogens with zero attached hydrogens (tertiary/aromatic N) is 2. The summed E-state index contributed by atoms with van der Waals surface area (Å²) in [6.45, 7) is 0.282. The average molecular weight is 323 g/mol. The Morgan fingerprint density at radius 2 is 2.16 bits per heavy atom. The molecule has 0 atom stereocenters. The van der Waals surface area contributed by atoms with Crippen LogP contribution in [0.1, 0.15) is 16.2 Å². The molecule has 0 aromatic carbocycles. The van der Waals surface area contributed by atoms with E-state index in [1.807, 2.05) is 5.43 Å². The zero-order valence-corrected chi connectivity index (χ0v) is 11.4. The lowest BCUT2D eigenvalue weighted by Gasteiger charge is -2.06. The molecule has 0 bridgehead atoms. The lowest BCUT2D eigenvalue weighted by Crippen LogP contribution is -2.31. The van der Waals surface area contributed by atoms with Gasteiger partial charge in [-0.2, -0.15) is 0 Å². The maximum absolute atomic E-state index is 11.7. The third kappa shape index (κ3) is 3.27. The normalized spacial score (nSPS) is 10.2. The van der Waals surface area contributed by atoms with Crippen molar-refractivity contribution < 1.29 is 4.79 Å². The number of pyridine rings is 2. The zero-order chi connectivity index (χ0) is 13.8. The first-order valence-electron chi connectivity index (χ1n) is 5.43. The van der Waals surface area contributed by atoms with E-state index in [-0.39, 0.29) is 17.8 Å². The van der Waals surface area contributed by atoms with E-state index in [9.17, 15) is 9.59 Å². The highest BCUT2D eigenvalue weighted by molar-refractivity contribution is 9.10. The van der Waals surface area contributed by atoms with Gasteiger partial charge in [0.1, 0.15) is 5.69 Å². The molecule has 0 saturated heterocycles. The van der Waals surface area contributed by atoms with Gasteiger partial charge in [-0.15, -0.1) is 0 Å². The van der Waals surface area contributed by atoms with Crippen LogP contribution in [0.15, 0.2) is 45.8 Å². The monoisotopic (exact) mass is 322 g/mol. The molecule has 0 aliphatic carbocycles. The molecule has 2 heterocycles. The van der Waals surface area contributed by atoms with E-state index in [0.717, 1.165) is 4.47 Å². The fraction of sp³-hybridized carbons (Fsp3) is 0.0833. The standard InChI is InChI=1S/C12H11BrN4O2/c13-8-4-5-11(18)17(6-8)7-9-2-1-3-10(15-9)12(19)16-14/h1-6H,7,14H2,(H,16,19). The number of carbonyl (C=O) groups is 1. The van der Waals surface area contributed by atoms with Crippen molar-refractivity contribution >= 4 is 21.8 Å². The maximum Gasteiger partial charge on any atom is 0.283 e. The topological polar surface area (TPSA) is 90.0 Å². The van der Waals surface area contributed by atoms with Crippen molar-refractivity contribution in [2.45, 2.75) is 6.54 Å². The van der Waals surface area contributed by atoms with Gasteiger partial charge in [-0.1, -0.05) is 6.07 Å². The fourth-order valence-electron chi connectivity index (χ4n) is 1.57. The number of hydrogen-bond acceptors (Lipinski definition) is 4. The van der Waals surface area contributed by atoms with Crippen LogP contribution in [0.2, 0.25) is 0 Å². The van der Waals surface area contributed by atoms with Crippen LogP contribution in [0.25, 0.3) is 0 Å². The van der Waals surface area contributed by atoms with Gasteiger partial charge in [0.05, 0.1) is 12.2 Å². The minimum Gasteiger partial charge on any atom is -0.308 e. The Morgan fingerprint density at radius 1 is 1.37 bits per heavy atom. The molecule has 0 radical (unpaired) electrons. The third-order valence-electron chi connectivity index (χ3n) is 2.45. The summed E-state index contributed by atoms with van der Waals surface area (Å²) in [5.74, 6) is 4.58. The van der Waals surface area contributed by atoms with Crippen molar-refractivity contribution in [2.75, 3.05) is 0 Å². The molecule has 98 valence electrons. The molecular weight excluding hydrogens is 312 g/mol. The molecule has 0 aliphatic rings. The van der Waals surface area contributed by atoms with E-state index < -0.39 is 5.91 Å². The van der Waals surface area contributed by atoms with Gasteiger partial charge in [0, 0.05) is 16.7 Å². The molecule has 0 unspecified atom stereocenters. The number of aromatic nitrogens is 2. The Balaban J connectivity index is 2.31. The van der Waals surface area contributed by atoms with Crippen LogP contribution in [-0.4, -0.2) is 15.5 Å². The summed E-state index contributed by atoms with van der Waals surface area (Å²) in [6.07, 6.45) is 1.67. The number of hydrazine groups is 1. The van der Waals surface area contributed by atoms with Gasteiger partial charge in [-0.05, 0) is 34.1 Å². The summed E-state index contributed by atoms with van der Waals surface area (Å²) in [5.41, 5.74) is 2.68. The number of hydrogen-bond donors (Lipinski definition) is 2. The highest BCUT2D eigenvalue weighted by Gasteiger charge is 2.06. The highest BCUT2D eigenvalue weighted by atomic mass is 79.9. The second-order valence-electron chi connectivity index (χ2n) is 3.80. The van der Waals surface area contributed by atoms with Crippen molar-refractivity contribution in [2.24, 2.45) is 5.84 Å². The summed E-state index contributed by atoms with van der Waals surface area (Å²) in [7, 11) is 0. The highest BCUT2D eigenvalue weighted by Crippen LogP contribution is 2.07. The molecule has 1 amide bonds. The molecule has 6 nitrogen and oxygen atoms in total. The van der Waals surface area contributed by atoms with E-state index in [2.05, 4.69) is 20.9 Å². The Hall–Kier alpha value is -1.99. The predicted octanol–water partition coefficient (Wildman–Crippen LogP) is 0.658. The molecule has 0 saturated carbocycles. The maximum atomic E-state index is 11.7. The largest absolute Gasteiger partial charge is 0.308 e. The molecule has 2 rings (SSSR count). The van der Waals surface area contributed by atoms with Gasteiger partial charge in [0.25, 0.3) is 11.5 Å². The van der Waals surface area contributed by atoms with Crippen LogP contribution in [0.3, 0.4) is 0 Å². The van der Waals surface area contributed by atoms with E-state index >= 15 is 0 Å². The van der Waals surface area contributed by atoms with E-state index in [1.54, 1.807) is 30.5 Å². The van der Waals surface area contributed by atoms with Gasteiger partial charge < -0.3 is 4.57 Å². The third-order valence-corrected chi connectivity index (χ3v) is 2.92. The van der Waals surface area contributed by atoms with Crippen LogP contribution in [0, 0.1) is 0 Å². The van der Waals surface area contributed by atoms with Crippen LogP contribution in [-0.2, 0) is 6.54 Å². The number of carbonyl (C=O) groups excluding carboxylic acids is 1. The SMILES string of the molecule is NNC(=O)c1cccc(Cn2cc(Br)ccc2=O)n1. The van der Waals surface area contributed by atoms with Gasteiger partial charge in [-0.25, -0.2) is 10.8 Å². The van der Waals surface area contributed by atoms with Crippen LogP contribution < -0.4 is 16.8 Å². The number of amides is 1. The Morgan fingerprint density at radius 3 is 2.89 bits per heavy atom. The van der Waals surface area contributed by atoms with Crippen LogP contribution in [0.4, 0.5) is 0 Å². The first-order valence-corrected chi connectivity index (χ1v) is 6.22. The van der Waals surface area contributed by atoms with Crippen molar-refractivity contribution in [3.05, 3.63) is 62.7 Å². The molecule has 0 fully saturated rings. The Kier molecular flexibility index (Phi) is 4.08. The molecule has 0 aliphatic heterocycles. The summed E-state index contributed by atoms with van der Waals surface area (Å²) in [6, 6.07) is 8.11. The summed E-state index contributed by atoms with van der Waals surface area (Å²) in [4.78, 5) is 27.2. The fourth-order valence-corrected chi connectivity index (χ4v) is 1.95. The van der Waals surface area contributed by atoms with E-state index in [1.165, 1.54) is 10.6 Å². The Bertz CT molecular complexity index is 669. The molecule has 7 heteroatoms. The first kappa shape index (κ1) is 13.4. The van der Waals surface area contributed by atoms with E-state index in [0.29, 0.717) is 5.69 Å². The molecule has 2 aromatic rings. The lowest BCUT2D eigenvalue weighted by molar-refractivity contribution is 0.0948. The minimum atomic E-state index is -0.469.